The molecule has 0 radical (unpaired) electrons. The molecular weight excluding hydrogens is 338 g/mol. The number of carbonyl (C=O) groups excluding carboxylic acids is 2. The predicted octanol–water partition coefficient (Wildman–Crippen LogP) is 2.76. The van der Waals surface area contributed by atoms with E-state index in [-0.39, 0.29) is 18.3 Å². The summed E-state index contributed by atoms with van der Waals surface area (Å²) in [7, 11) is 0. The van der Waals surface area contributed by atoms with Gasteiger partial charge < -0.3 is 14.2 Å². The Labute approximate surface area is 151 Å². The summed E-state index contributed by atoms with van der Waals surface area (Å²) in [5.41, 5.74) is 1.25. The lowest BCUT2D eigenvalue weighted by atomic mass is 10.1. The molecule has 0 unspecified atom stereocenters. The van der Waals surface area contributed by atoms with Crippen molar-refractivity contribution in [2.45, 2.75) is 33.1 Å². The first-order valence-corrected chi connectivity index (χ1v) is 8.62. The van der Waals surface area contributed by atoms with Crippen LogP contribution in [-0.2, 0) is 14.3 Å². The third-order valence-electron chi connectivity index (χ3n) is 3.47. The molecule has 26 heavy (non-hydrogen) atoms. The lowest BCUT2D eigenvalue weighted by Gasteiger charge is -2.08. The fourth-order valence-electron chi connectivity index (χ4n) is 2.30. The maximum Gasteiger partial charge on any atom is 0.361 e. The molecule has 0 bridgehead atoms. The SMILES string of the molecule is CCOC(=O)CCCCOc1cccc(-c2n[nH]nc2C(=O)OCC)c1. The van der Waals surface area contributed by atoms with E-state index in [2.05, 4.69) is 15.4 Å². The minimum absolute atomic E-state index is 0.137. The average molecular weight is 361 g/mol. The van der Waals surface area contributed by atoms with E-state index < -0.39 is 5.97 Å². The van der Waals surface area contributed by atoms with Crippen molar-refractivity contribution in [1.82, 2.24) is 15.4 Å². The van der Waals surface area contributed by atoms with E-state index in [0.29, 0.717) is 43.1 Å². The number of benzene rings is 1. The Hall–Kier alpha value is -2.90. The van der Waals surface area contributed by atoms with Crippen LogP contribution in [0.2, 0.25) is 0 Å². The number of H-pyrrole nitrogens is 1. The molecule has 2 rings (SSSR count). The molecule has 0 aliphatic heterocycles. The summed E-state index contributed by atoms with van der Waals surface area (Å²) in [4.78, 5) is 23.2. The third-order valence-corrected chi connectivity index (χ3v) is 3.47. The molecule has 0 amide bonds. The normalized spacial score (nSPS) is 10.4. The van der Waals surface area contributed by atoms with Crippen LogP contribution in [0.3, 0.4) is 0 Å². The fraction of sp³-hybridized carbons (Fsp3) is 0.444. The third kappa shape index (κ3) is 5.58. The van der Waals surface area contributed by atoms with Crippen molar-refractivity contribution in [2.24, 2.45) is 0 Å². The van der Waals surface area contributed by atoms with Crippen LogP contribution in [0.25, 0.3) is 11.3 Å². The van der Waals surface area contributed by atoms with Gasteiger partial charge in [-0.15, -0.1) is 5.10 Å². The first kappa shape index (κ1) is 19.4. The first-order chi connectivity index (χ1) is 12.7. The number of aromatic amines is 1. The van der Waals surface area contributed by atoms with Gasteiger partial charge in [0, 0.05) is 12.0 Å². The number of rotatable bonds is 10. The van der Waals surface area contributed by atoms with Gasteiger partial charge in [0.05, 0.1) is 19.8 Å². The molecule has 8 nitrogen and oxygen atoms in total. The molecule has 1 aromatic heterocycles. The Bertz CT molecular complexity index is 729. The van der Waals surface area contributed by atoms with Gasteiger partial charge in [0.15, 0.2) is 5.69 Å². The van der Waals surface area contributed by atoms with E-state index in [1.165, 1.54) is 0 Å². The molecule has 1 heterocycles. The predicted molar refractivity (Wildman–Crippen MR) is 93.8 cm³/mol. The highest BCUT2D eigenvalue weighted by molar-refractivity contribution is 5.93. The van der Waals surface area contributed by atoms with Crippen molar-refractivity contribution in [3.05, 3.63) is 30.0 Å². The van der Waals surface area contributed by atoms with Crippen LogP contribution in [0.15, 0.2) is 24.3 Å². The lowest BCUT2D eigenvalue weighted by molar-refractivity contribution is -0.143. The Morgan fingerprint density at radius 1 is 1.08 bits per heavy atom. The Kier molecular flexibility index (Phi) is 7.60. The topological polar surface area (TPSA) is 103 Å². The van der Waals surface area contributed by atoms with E-state index in [1.54, 1.807) is 19.9 Å². The molecule has 8 heteroatoms. The minimum atomic E-state index is -0.526. The number of ether oxygens (including phenoxy) is 3. The number of hydrogen-bond donors (Lipinski definition) is 1. The van der Waals surface area contributed by atoms with Gasteiger partial charge in [-0.25, -0.2) is 4.79 Å². The van der Waals surface area contributed by atoms with Gasteiger partial charge in [-0.1, -0.05) is 12.1 Å². The fourth-order valence-corrected chi connectivity index (χ4v) is 2.30. The van der Waals surface area contributed by atoms with Gasteiger partial charge in [-0.3, -0.25) is 4.79 Å². The smallest absolute Gasteiger partial charge is 0.361 e. The number of hydrogen-bond acceptors (Lipinski definition) is 7. The largest absolute Gasteiger partial charge is 0.494 e. The van der Waals surface area contributed by atoms with E-state index in [9.17, 15) is 9.59 Å². The molecular formula is C18H23N3O5. The zero-order chi connectivity index (χ0) is 18.8. The van der Waals surface area contributed by atoms with Crippen LogP contribution < -0.4 is 4.74 Å². The lowest BCUT2D eigenvalue weighted by Crippen LogP contribution is -2.07. The second-order valence-electron chi connectivity index (χ2n) is 5.38. The molecule has 0 saturated carbocycles. The van der Waals surface area contributed by atoms with Crippen LogP contribution in [0.1, 0.15) is 43.6 Å². The summed E-state index contributed by atoms with van der Waals surface area (Å²) in [6, 6.07) is 7.23. The molecule has 0 saturated heterocycles. The summed E-state index contributed by atoms with van der Waals surface area (Å²) in [5.74, 6) is -0.0648. The summed E-state index contributed by atoms with van der Waals surface area (Å²) in [6.45, 7) is 4.66. The van der Waals surface area contributed by atoms with Gasteiger partial charge >= 0.3 is 11.9 Å². The molecule has 140 valence electrons. The Morgan fingerprint density at radius 2 is 1.88 bits per heavy atom. The van der Waals surface area contributed by atoms with Crippen molar-refractivity contribution in [2.75, 3.05) is 19.8 Å². The summed E-state index contributed by atoms with van der Waals surface area (Å²) in [6.07, 6.45) is 1.83. The van der Waals surface area contributed by atoms with Crippen molar-refractivity contribution < 1.29 is 23.8 Å². The maximum atomic E-state index is 11.9. The molecule has 1 aromatic carbocycles. The van der Waals surface area contributed by atoms with Crippen LogP contribution >= 0.6 is 0 Å². The monoisotopic (exact) mass is 361 g/mol. The highest BCUT2D eigenvalue weighted by Gasteiger charge is 2.19. The number of carbonyl (C=O) groups is 2. The van der Waals surface area contributed by atoms with Gasteiger partial charge in [-0.2, -0.15) is 10.3 Å². The van der Waals surface area contributed by atoms with Gasteiger partial charge in [-0.05, 0) is 38.8 Å². The van der Waals surface area contributed by atoms with Gasteiger partial charge in [0.25, 0.3) is 0 Å². The van der Waals surface area contributed by atoms with Crippen LogP contribution in [-0.4, -0.2) is 47.2 Å². The standard InChI is InChI=1S/C18H23N3O5/c1-3-24-15(22)10-5-6-11-26-14-9-7-8-13(12-14)16-17(20-21-19-16)18(23)25-4-2/h7-9,12H,3-6,10-11H2,1-2H3,(H,19,20,21). The van der Waals surface area contributed by atoms with E-state index in [4.69, 9.17) is 14.2 Å². The molecule has 0 fully saturated rings. The summed E-state index contributed by atoms with van der Waals surface area (Å²) in [5, 5.41) is 10.3. The zero-order valence-electron chi connectivity index (χ0n) is 15.0. The number of nitrogens with one attached hydrogen (secondary N) is 1. The van der Waals surface area contributed by atoms with E-state index >= 15 is 0 Å². The Balaban J connectivity index is 1.91. The van der Waals surface area contributed by atoms with E-state index in [1.807, 2.05) is 18.2 Å². The average Bonchev–Trinajstić information content (AvgIpc) is 3.12. The van der Waals surface area contributed by atoms with Crippen LogP contribution in [0.5, 0.6) is 5.75 Å². The highest BCUT2D eigenvalue weighted by Crippen LogP contribution is 2.24. The molecule has 0 aliphatic rings. The van der Waals surface area contributed by atoms with Crippen molar-refractivity contribution in [3.8, 4) is 17.0 Å². The number of nitrogens with zero attached hydrogens (tertiary/aromatic N) is 2. The minimum Gasteiger partial charge on any atom is -0.494 e. The number of esters is 2. The summed E-state index contributed by atoms with van der Waals surface area (Å²) < 4.78 is 15.6. The zero-order valence-corrected chi connectivity index (χ0v) is 15.0. The first-order valence-electron chi connectivity index (χ1n) is 8.62. The quantitative estimate of drug-likeness (QED) is 0.512. The molecule has 1 N–H and O–H groups in total. The van der Waals surface area contributed by atoms with Crippen LogP contribution in [0, 0.1) is 0 Å². The van der Waals surface area contributed by atoms with Crippen molar-refractivity contribution >= 4 is 11.9 Å². The Morgan fingerprint density at radius 3 is 2.65 bits per heavy atom. The second kappa shape index (κ2) is 10.2. The van der Waals surface area contributed by atoms with Gasteiger partial charge in [0.1, 0.15) is 11.4 Å². The molecule has 0 aliphatic carbocycles. The number of aromatic nitrogens is 3. The maximum absolute atomic E-state index is 11.9. The van der Waals surface area contributed by atoms with Crippen molar-refractivity contribution in [3.63, 3.8) is 0 Å². The van der Waals surface area contributed by atoms with Crippen LogP contribution in [0.4, 0.5) is 0 Å². The van der Waals surface area contributed by atoms with Gasteiger partial charge in [0.2, 0.25) is 0 Å². The molecule has 0 spiro atoms. The summed E-state index contributed by atoms with van der Waals surface area (Å²) >= 11 is 0. The number of unbranched alkanes of at least 4 members (excludes halogenated alkanes) is 1. The van der Waals surface area contributed by atoms with E-state index in [0.717, 1.165) is 6.42 Å². The molecule has 0 atom stereocenters. The molecule has 2 aromatic rings. The van der Waals surface area contributed by atoms with Crippen molar-refractivity contribution in [1.29, 1.82) is 0 Å². The second-order valence-corrected chi connectivity index (χ2v) is 5.38. The highest BCUT2D eigenvalue weighted by atomic mass is 16.5.